The molecule has 3 rings (SSSR count). The highest BCUT2D eigenvalue weighted by Gasteiger charge is 2.31. The Kier molecular flexibility index (Phi) is 8.09. The summed E-state index contributed by atoms with van der Waals surface area (Å²) < 4.78 is 68.8. The second-order valence-corrected chi connectivity index (χ2v) is 9.97. The van der Waals surface area contributed by atoms with Crippen LogP contribution in [0.2, 0.25) is 0 Å². The lowest BCUT2D eigenvalue weighted by Crippen LogP contribution is -2.35. The molecule has 1 aliphatic rings. The Hall–Kier alpha value is -2.78. The summed E-state index contributed by atoms with van der Waals surface area (Å²) in [7, 11) is -3.89. The number of anilines is 1. The topological polar surface area (TPSA) is 58.6 Å². The van der Waals surface area contributed by atoms with Crippen molar-refractivity contribution in [3.8, 4) is 5.75 Å². The van der Waals surface area contributed by atoms with Crippen LogP contribution >= 0.6 is 0 Å². The van der Waals surface area contributed by atoms with Gasteiger partial charge in [0.05, 0.1) is 4.90 Å². The number of allylic oxidation sites excluding steroid dienone is 3. The Morgan fingerprint density at radius 1 is 1.06 bits per heavy atom. The lowest BCUT2D eigenvalue weighted by Gasteiger charge is -2.31. The molecule has 184 valence electrons. The van der Waals surface area contributed by atoms with Crippen LogP contribution in [0.3, 0.4) is 0 Å². The number of nitrogens with zero attached hydrogens (tertiary/aromatic N) is 1. The van der Waals surface area contributed by atoms with E-state index in [9.17, 15) is 21.6 Å². The third kappa shape index (κ3) is 6.42. The zero-order valence-electron chi connectivity index (χ0n) is 19.4. The second kappa shape index (κ2) is 10.7. The largest absolute Gasteiger partial charge is 0.573 e. The number of halogens is 3. The van der Waals surface area contributed by atoms with Gasteiger partial charge in [0.1, 0.15) is 5.75 Å². The van der Waals surface area contributed by atoms with Gasteiger partial charge in [-0.2, -0.15) is 0 Å². The van der Waals surface area contributed by atoms with E-state index < -0.39 is 22.1 Å². The summed E-state index contributed by atoms with van der Waals surface area (Å²) in [6, 6.07) is 12.4. The first-order chi connectivity index (χ1) is 16.0. The van der Waals surface area contributed by atoms with E-state index in [0.717, 1.165) is 48.5 Å². The number of aryl methyl sites for hydroxylation is 1. The molecule has 0 amide bonds. The van der Waals surface area contributed by atoms with Crippen molar-refractivity contribution in [3.05, 3.63) is 77.5 Å². The van der Waals surface area contributed by atoms with Gasteiger partial charge in [0.15, 0.2) is 0 Å². The summed E-state index contributed by atoms with van der Waals surface area (Å²) in [4.78, 5) is 2.11. The number of fused-ring (bicyclic) bond motifs is 1. The molecule has 34 heavy (non-hydrogen) atoms. The molecule has 0 bridgehead atoms. The van der Waals surface area contributed by atoms with Gasteiger partial charge in [-0.15, -0.1) is 13.2 Å². The number of hydrogen-bond donors (Lipinski definition) is 1. The predicted molar refractivity (Wildman–Crippen MR) is 127 cm³/mol. The number of sulfonamides is 1. The van der Waals surface area contributed by atoms with E-state index in [-0.39, 0.29) is 17.4 Å². The van der Waals surface area contributed by atoms with Gasteiger partial charge < -0.3 is 9.64 Å². The molecule has 0 aromatic heterocycles. The molecule has 0 fully saturated rings. The third-order valence-corrected chi connectivity index (χ3v) is 7.11. The highest BCUT2D eigenvalue weighted by Crippen LogP contribution is 2.35. The average Bonchev–Trinajstić information content (AvgIpc) is 2.93. The molecule has 0 saturated heterocycles. The van der Waals surface area contributed by atoms with Crippen molar-refractivity contribution in [1.82, 2.24) is 4.72 Å². The van der Waals surface area contributed by atoms with Crippen LogP contribution in [0.4, 0.5) is 18.9 Å². The molecular weight excluding hydrogens is 465 g/mol. The smallest absolute Gasteiger partial charge is 0.406 e. The monoisotopic (exact) mass is 494 g/mol. The molecule has 1 heterocycles. The highest BCUT2D eigenvalue weighted by molar-refractivity contribution is 7.89. The standard InChI is InChI=1S/C25H29F3N2O3S/c1-4-19-10-11-20-8-6-7-9-24(20)30(23(19)5-2)17-18(3)16-29-34(31,32)22-14-12-21(13-15-22)33-25(26,27)28/h4-9,12-15,18,29H,10-11,16-17H2,1-3H3. The molecule has 1 atom stereocenters. The maximum absolute atomic E-state index is 12.7. The first-order valence-corrected chi connectivity index (χ1v) is 12.5. The van der Waals surface area contributed by atoms with Gasteiger partial charge in [-0.25, -0.2) is 13.1 Å². The molecule has 0 aliphatic carbocycles. The van der Waals surface area contributed by atoms with Crippen LogP contribution in [-0.2, 0) is 16.4 Å². The third-order valence-electron chi connectivity index (χ3n) is 5.67. The van der Waals surface area contributed by atoms with E-state index in [2.05, 4.69) is 38.6 Å². The van der Waals surface area contributed by atoms with E-state index in [4.69, 9.17) is 0 Å². The first-order valence-electron chi connectivity index (χ1n) is 11.1. The summed E-state index contributed by atoms with van der Waals surface area (Å²) in [5, 5.41) is 0. The Bertz CT molecular complexity index is 1160. The van der Waals surface area contributed by atoms with E-state index in [1.165, 1.54) is 11.1 Å². The average molecular weight is 495 g/mol. The minimum Gasteiger partial charge on any atom is -0.406 e. The Morgan fingerprint density at radius 2 is 1.74 bits per heavy atom. The summed E-state index contributed by atoms with van der Waals surface area (Å²) in [6.45, 7) is 6.74. The molecule has 9 heteroatoms. The number of ether oxygens (including phenoxy) is 1. The second-order valence-electron chi connectivity index (χ2n) is 8.20. The fourth-order valence-corrected chi connectivity index (χ4v) is 5.21. The summed E-state index contributed by atoms with van der Waals surface area (Å²) in [5.41, 5.74) is 4.71. The van der Waals surface area contributed by atoms with Crippen molar-refractivity contribution in [1.29, 1.82) is 0 Å². The quantitative estimate of drug-likeness (QED) is 0.528. The maximum Gasteiger partial charge on any atom is 0.573 e. The van der Waals surface area contributed by atoms with Gasteiger partial charge in [-0.1, -0.05) is 37.3 Å². The van der Waals surface area contributed by atoms with Crippen molar-refractivity contribution >= 4 is 15.7 Å². The van der Waals surface area contributed by atoms with E-state index in [1.807, 2.05) is 32.9 Å². The number of nitrogens with one attached hydrogen (secondary N) is 1. The molecule has 5 nitrogen and oxygen atoms in total. The lowest BCUT2D eigenvalue weighted by molar-refractivity contribution is -0.274. The van der Waals surface area contributed by atoms with Gasteiger partial charge >= 0.3 is 6.36 Å². The summed E-state index contributed by atoms with van der Waals surface area (Å²) >= 11 is 0. The zero-order chi connectivity index (χ0) is 24.9. The zero-order valence-corrected chi connectivity index (χ0v) is 20.2. The van der Waals surface area contributed by atoms with Gasteiger partial charge in [-0.3, -0.25) is 0 Å². The number of rotatable bonds is 7. The maximum atomic E-state index is 12.7. The SMILES string of the molecule is CC=C1CCc2ccccc2N(CC(C)CNS(=O)(=O)c2ccc(OC(F)(F)F)cc2)C1=CC. The van der Waals surface area contributed by atoms with Crippen LogP contribution in [0.1, 0.15) is 32.8 Å². The van der Waals surface area contributed by atoms with Crippen LogP contribution in [0.15, 0.2) is 76.8 Å². The number of para-hydroxylation sites is 1. The predicted octanol–water partition coefficient (Wildman–Crippen LogP) is 5.80. The molecule has 2 aromatic carbocycles. The van der Waals surface area contributed by atoms with E-state index in [1.54, 1.807) is 0 Å². The fourth-order valence-electron chi connectivity index (χ4n) is 4.05. The number of hydrogen-bond acceptors (Lipinski definition) is 4. The Labute approximate surface area is 199 Å². The van der Waals surface area contributed by atoms with Gasteiger partial charge in [-0.05, 0) is 74.1 Å². The van der Waals surface area contributed by atoms with Gasteiger partial charge in [0, 0.05) is 24.5 Å². The lowest BCUT2D eigenvalue weighted by atomic mass is 10.0. The van der Waals surface area contributed by atoms with E-state index >= 15 is 0 Å². The van der Waals surface area contributed by atoms with Gasteiger partial charge in [0.2, 0.25) is 10.0 Å². The molecule has 1 aliphatic heterocycles. The Balaban J connectivity index is 1.72. The Morgan fingerprint density at radius 3 is 2.35 bits per heavy atom. The molecule has 2 aromatic rings. The number of benzene rings is 2. The van der Waals surface area contributed by atoms with Crippen molar-refractivity contribution in [2.75, 3.05) is 18.0 Å². The molecule has 1 N–H and O–H groups in total. The first kappa shape index (κ1) is 25.8. The molecule has 0 spiro atoms. The van der Waals surface area contributed by atoms with Gasteiger partial charge in [0.25, 0.3) is 0 Å². The van der Waals surface area contributed by atoms with Crippen LogP contribution in [0, 0.1) is 5.92 Å². The minimum absolute atomic E-state index is 0.0539. The summed E-state index contributed by atoms with van der Waals surface area (Å²) in [6.07, 6.45) is 1.22. The normalized spacial score (nSPS) is 18.0. The van der Waals surface area contributed by atoms with Crippen molar-refractivity contribution < 1.29 is 26.3 Å². The van der Waals surface area contributed by atoms with Crippen LogP contribution in [0.5, 0.6) is 5.75 Å². The highest BCUT2D eigenvalue weighted by atomic mass is 32.2. The van der Waals surface area contributed by atoms with Crippen molar-refractivity contribution in [3.63, 3.8) is 0 Å². The summed E-state index contributed by atoms with van der Waals surface area (Å²) in [5.74, 6) is -0.528. The van der Waals surface area contributed by atoms with Crippen LogP contribution in [0.25, 0.3) is 0 Å². The van der Waals surface area contributed by atoms with E-state index in [0.29, 0.717) is 6.54 Å². The van der Waals surface area contributed by atoms with Crippen LogP contribution < -0.4 is 14.4 Å². The molecule has 0 radical (unpaired) electrons. The molecule has 0 saturated carbocycles. The molecule has 1 unspecified atom stereocenters. The minimum atomic E-state index is -4.83. The van der Waals surface area contributed by atoms with Crippen LogP contribution in [-0.4, -0.2) is 27.9 Å². The van der Waals surface area contributed by atoms with Crippen molar-refractivity contribution in [2.24, 2.45) is 5.92 Å². The fraction of sp³-hybridized carbons (Fsp3) is 0.360. The van der Waals surface area contributed by atoms with Crippen molar-refractivity contribution in [2.45, 2.75) is 44.9 Å². The molecular formula is C25H29F3N2O3S. The number of alkyl halides is 3.